The minimum atomic E-state index is 0.591. The van der Waals surface area contributed by atoms with Crippen molar-refractivity contribution in [3.05, 3.63) is 17.7 Å². The van der Waals surface area contributed by atoms with E-state index in [-0.39, 0.29) is 0 Å². The molecule has 1 aromatic heterocycles. The summed E-state index contributed by atoms with van der Waals surface area (Å²) < 4.78 is 2.42. The molecule has 1 saturated carbocycles. The zero-order chi connectivity index (χ0) is 13.7. The summed E-state index contributed by atoms with van der Waals surface area (Å²) in [5, 5.41) is 3.78. The molecule has 1 N–H and O–H groups in total. The number of aromatic nitrogens is 2. The van der Waals surface area contributed by atoms with Crippen LogP contribution in [0.4, 0.5) is 0 Å². The smallest absolute Gasteiger partial charge is 0.0954 e. The Bertz CT molecular complexity index is 381. The highest BCUT2D eigenvalue weighted by Crippen LogP contribution is 2.28. The lowest BCUT2D eigenvalue weighted by molar-refractivity contribution is 0.280. The van der Waals surface area contributed by atoms with Gasteiger partial charge in [0.05, 0.1) is 18.1 Å². The van der Waals surface area contributed by atoms with Gasteiger partial charge in [-0.05, 0) is 39.7 Å². The third-order valence-corrected chi connectivity index (χ3v) is 4.53. The first-order valence-corrected chi connectivity index (χ1v) is 7.97. The van der Waals surface area contributed by atoms with Crippen LogP contribution < -0.4 is 5.32 Å². The van der Waals surface area contributed by atoms with Crippen LogP contribution in [0.1, 0.15) is 69.3 Å². The highest BCUT2D eigenvalue weighted by molar-refractivity contribution is 5.10. The molecule has 1 fully saturated rings. The zero-order valence-electron chi connectivity index (χ0n) is 12.8. The minimum Gasteiger partial charge on any atom is -0.330 e. The lowest BCUT2D eigenvalue weighted by Crippen LogP contribution is -2.39. The predicted octanol–water partition coefficient (Wildman–Crippen LogP) is 3.76. The fourth-order valence-corrected chi connectivity index (χ4v) is 3.22. The van der Waals surface area contributed by atoms with Crippen LogP contribution in [0.25, 0.3) is 0 Å². The third kappa shape index (κ3) is 3.59. The summed E-state index contributed by atoms with van der Waals surface area (Å²) in [5.41, 5.74) is 2.52. The van der Waals surface area contributed by atoms with Crippen LogP contribution in [0.15, 0.2) is 6.33 Å². The molecule has 1 aliphatic carbocycles. The van der Waals surface area contributed by atoms with Gasteiger partial charge in [0.2, 0.25) is 0 Å². The van der Waals surface area contributed by atoms with E-state index in [0.717, 1.165) is 6.54 Å². The zero-order valence-corrected chi connectivity index (χ0v) is 12.8. The largest absolute Gasteiger partial charge is 0.330 e. The van der Waals surface area contributed by atoms with Crippen LogP contribution in [0, 0.1) is 13.8 Å². The van der Waals surface area contributed by atoms with Crippen molar-refractivity contribution in [3.63, 3.8) is 0 Å². The van der Waals surface area contributed by atoms with Gasteiger partial charge in [0.1, 0.15) is 0 Å². The Hall–Kier alpha value is -0.830. The maximum atomic E-state index is 4.50. The van der Waals surface area contributed by atoms with E-state index in [0.29, 0.717) is 12.1 Å². The summed E-state index contributed by atoms with van der Waals surface area (Å²) in [4.78, 5) is 4.50. The van der Waals surface area contributed by atoms with Crippen LogP contribution >= 0.6 is 0 Å². The van der Waals surface area contributed by atoms with Gasteiger partial charge in [-0.1, -0.05) is 32.6 Å². The number of hydrogen-bond acceptors (Lipinski definition) is 2. The number of nitrogens with one attached hydrogen (secondary N) is 1. The van der Waals surface area contributed by atoms with Crippen LogP contribution in [-0.2, 0) is 0 Å². The second-order valence-corrected chi connectivity index (χ2v) is 5.94. The Morgan fingerprint density at radius 1 is 1.21 bits per heavy atom. The second kappa shape index (κ2) is 7.09. The molecular weight excluding hydrogens is 234 g/mol. The minimum absolute atomic E-state index is 0.591. The SMILES string of the molecule is CCCNC1CCCCCCC1n1cnc(C)c1C. The van der Waals surface area contributed by atoms with E-state index < -0.39 is 0 Å². The summed E-state index contributed by atoms with van der Waals surface area (Å²) in [7, 11) is 0. The molecule has 0 saturated heterocycles. The van der Waals surface area contributed by atoms with Crippen LogP contribution in [0.5, 0.6) is 0 Å². The van der Waals surface area contributed by atoms with Crippen molar-refractivity contribution in [1.29, 1.82) is 0 Å². The molecule has 108 valence electrons. The Labute approximate surface area is 117 Å². The van der Waals surface area contributed by atoms with Crippen LogP contribution in [-0.4, -0.2) is 22.1 Å². The van der Waals surface area contributed by atoms with E-state index in [1.807, 2.05) is 0 Å². The molecule has 0 amide bonds. The van der Waals surface area contributed by atoms with Crippen LogP contribution in [0.3, 0.4) is 0 Å². The van der Waals surface area contributed by atoms with Crippen molar-refractivity contribution in [3.8, 4) is 0 Å². The van der Waals surface area contributed by atoms with Gasteiger partial charge in [0.15, 0.2) is 0 Å². The average Bonchev–Trinajstić information content (AvgIpc) is 2.70. The normalized spacial score (nSPS) is 25.0. The molecule has 0 radical (unpaired) electrons. The second-order valence-electron chi connectivity index (χ2n) is 5.94. The van der Waals surface area contributed by atoms with E-state index in [1.54, 1.807) is 0 Å². The van der Waals surface area contributed by atoms with Gasteiger partial charge in [0, 0.05) is 11.7 Å². The Kier molecular flexibility index (Phi) is 5.44. The first-order chi connectivity index (χ1) is 9.24. The van der Waals surface area contributed by atoms with Crippen molar-refractivity contribution in [1.82, 2.24) is 14.9 Å². The van der Waals surface area contributed by atoms with Crippen molar-refractivity contribution in [2.75, 3.05) is 6.54 Å². The summed E-state index contributed by atoms with van der Waals surface area (Å²) in [5.74, 6) is 0. The fraction of sp³-hybridized carbons (Fsp3) is 0.812. The van der Waals surface area contributed by atoms with E-state index in [2.05, 4.69) is 42.0 Å². The molecule has 2 rings (SSSR count). The highest BCUT2D eigenvalue weighted by Gasteiger charge is 2.24. The Balaban J connectivity index is 2.16. The van der Waals surface area contributed by atoms with Gasteiger partial charge < -0.3 is 9.88 Å². The van der Waals surface area contributed by atoms with Gasteiger partial charge in [-0.3, -0.25) is 0 Å². The average molecular weight is 263 g/mol. The van der Waals surface area contributed by atoms with Gasteiger partial charge >= 0.3 is 0 Å². The lowest BCUT2D eigenvalue weighted by atomic mass is 9.91. The number of nitrogens with zero attached hydrogens (tertiary/aromatic N) is 2. The van der Waals surface area contributed by atoms with Crippen LogP contribution in [0.2, 0.25) is 0 Å². The molecule has 0 bridgehead atoms. The number of rotatable bonds is 4. The van der Waals surface area contributed by atoms with Crippen molar-refractivity contribution in [2.24, 2.45) is 0 Å². The topological polar surface area (TPSA) is 29.9 Å². The lowest BCUT2D eigenvalue weighted by Gasteiger charge is -2.32. The summed E-state index contributed by atoms with van der Waals surface area (Å²) >= 11 is 0. The van der Waals surface area contributed by atoms with Crippen molar-refractivity contribution < 1.29 is 0 Å². The maximum Gasteiger partial charge on any atom is 0.0954 e. The molecule has 0 aromatic carbocycles. The van der Waals surface area contributed by atoms with E-state index in [4.69, 9.17) is 0 Å². The fourth-order valence-electron chi connectivity index (χ4n) is 3.22. The molecule has 2 atom stereocenters. The van der Waals surface area contributed by atoms with E-state index in [1.165, 1.54) is 56.3 Å². The summed E-state index contributed by atoms with van der Waals surface area (Å²) in [6.45, 7) is 7.70. The monoisotopic (exact) mass is 263 g/mol. The molecule has 3 nitrogen and oxygen atoms in total. The molecule has 1 heterocycles. The molecule has 2 unspecified atom stereocenters. The van der Waals surface area contributed by atoms with E-state index >= 15 is 0 Å². The summed E-state index contributed by atoms with van der Waals surface area (Å²) in [6.07, 6.45) is 11.4. The van der Waals surface area contributed by atoms with Crippen molar-refractivity contribution in [2.45, 2.75) is 77.8 Å². The van der Waals surface area contributed by atoms with Crippen molar-refractivity contribution >= 4 is 0 Å². The highest BCUT2D eigenvalue weighted by atomic mass is 15.1. The van der Waals surface area contributed by atoms with Gasteiger partial charge in [-0.2, -0.15) is 0 Å². The number of aryl methyl sites for hydroxylation is 1. The molecule has 0 aliphatic heterocycles. The third-order valence-electron chi connectivity index (χ3n) is 4.53. The van der Waals surface area contributed by atoms with E-state index in [9.17, 15) is 0 Å². The predicted molar refractivity (Wildman–Crippen MR) is 80.5 cm³/mol. The number of imidazole rings is 1. The quantitative estimate of drug-likeness (QED) is 0.896. The Morgan fingerprint density at radius 2 is 1.95 bits per heavy atom. The molecule has 0 spiro atoms. The molecule has 1 aliphatic rings. The van der Waals surface area contributed by atoms with Gasteiger partial charge in [-0.15, -0.1) is 0 Å². The summed E-state index contributed by atoms with van der Waals surface area (Å²) in [6, 6.07) is 1.21. The first-order valence-electron chi connectivity index (χ1n) is 7.97. The molecule has 3 heteroatoms. The standard InChI is InChI=1S/C16H29N3/c1-4-11-17-15-9-7-5-6-8-10-16(15)19-12-18-13(2)14(19)3/h12,15-17H,4-11H2,1-3H3. The number of hydrogen-bond donors (Lipinski definition) is 1. The molecule has 19 heavy (non-hydrogen) atoms. The van der Waals surface area contributed by atoms with Gasteiger partial charge in [0.25, 0.3) is 0 Å². The Morgan fingerprint density at radius 3 is 2.58 bits per heavy atom. The maximum absolute atomic E-state index is 4.50. The first kappa shape index (κ1) is 14.6. The van der Waals surface area contributed by atoms with Gasteiger partial charge in [-0.25, -0.2) is 4.98 Å². The molecule has 1 aromatic rings. The molecular formula is C16H29N3.